The number of aromatic nitrogens is 8. The number of Topliss-reactive ketones (excluding diaryl/α,β-unsaturated/α-hetero) is 4. The summed E-state index contributed by atoms with van der Waals surface area (Å²) >= 11 is 6.05. The summed E-state index contributed by atoms with van der Waals surface area (Å²) in [5, 5.41) is 55.1. The Morgan fingerprint density at radius 2 is 0.653 bits per heavy atom. The third-order valence-corrected chi connectivity index (χ3v) is 23.7. The van der Waals surface area contributed by atoms with Gasteiger partial charge in [0.1, 0.15) is 41.1 Å². The maximum absolute atomic E-state index is 13.9. The van der Waals surface area contributed by atoms with E-state index >= 15 is 0 Å². The number of rotatable bonds is 29. The van der Waals surface area contributed by atoms with Crippen LogP contribution in [0.2, 0.25) is 5.02 Å². The van der Waals surface area contributed by atoms with Gasteiger partial charge >= 0.3 is 42.8 Å². The lowest BCUT2D eigenvalue weighted by Gasteiger charge is -2.26. The van der Waals surface area contributed by atoms with E-state index in [1.165, 1.54) is 84.7 Å². The third kappa shape index (κ3) is 26.6. The van der Waals surface area contributed by atoms with Crippen LogP contribution in [0.25, 0.3) is 17.2 Å². The third-order valence-electron chi connectivity index (χ3n) is 23.4. The number of nitrogens with one attached hydrogen (secondary N) is 1. The highest BCUT2D eigenvalue weighted by Gasteiger charge is 2.53. The zero-order valence-corrected chi connectivity index (χ0v) is 83.2. The number of hydrogen-bond acceptors (Lipinski definition) is 28. The number of alkyl halides is 9. The first-order chi connectivity index (χ1) is 71.2. The second-order valence-electron chi connectivity index (χ2n) is 34.9. The summed E-state index contributed by atoms with van der Waals surface area (Å²) < 4.78 is 147. The number of methoxy groups -OCH3 is 2. The number of hydroxylamine groups is 1. The molecule has 150 heavy (non-hydrogen) atoms. The van der Waals surface area contributed by atoms with Crippen LogP contribution in [0.1, 0.15) is 179 Å². The van der Waals surface area contributed by atoms with Crippen molar-refractivity contribution in [2.45, 2.75) is 137 Å². The van der Waals surface area contributed by atoms with Crippen molar-refractivity contribution in [3.05, 3.63) is 360 Å². The molecular weight excluding hydrogens is 1990 g/mol. The number of ether oxygens (including phenoxy) is 7. The zero-order valence-electron chi connectivity index (χ0n) is 82.4. The van der Waals surface area contributed by atoms with Gasteiger partial charge in [0.25, 0.3) is 23.3 Å². The number of ketones is 4. The van der Waals surface area contributed by atoms with Crippen LogP contribution in [0.5, 0.6) is 23.0 Å². The molecule has 8 heterocycles. The maximum Gasteiger partial charge on any atom is 0.573 e. The van der Waals surface area contributed by atoms with Crippen molar-refractivity contribution in [1.82, 2.24) is 46.3 Å². The number of nitrogens with zero attached hydrogens (tertiary/aromatic N) is 12. The first-order valence-corrected chi connectivity index (χ1v) is 46.6. The van der Waals surface area contributed by atoms with Gasteiger partial charge in [0.05, 0.1) is 94.8 Å². The molecule has 3 saturated heterocycles. The summed E-state index contributed by atoms with van der Waals surface area (Å²) in [6, 6.07) is 57.1. The van der Waals surface area contributed by atoms with E-state index in [9.17, 15) is 92.9 Å². The predicted molar refractivity (Wildman–Crippen MR) is 529 cm³/mol. The fraction of sp³-hybridized carbons (Fsp3) is 0.250. The maximum atomic E-state index is 13.9. The minimum Gasteiger partial charge on any atom is -0.507 e. The largest absolute Gasteiger partial charge is 0.573 e. The van der Waals surface area contributed by atoms with Crippen molar-refractivity contribution in [2.75, 3.05) is 60.2 Å². The SMILES string of the molecule is CC(=O)OC1=C(C(=O)c2ccc(C(C)C)cc2)C(c2ccc(OC(F)(F)F)cc2)N(c2ccc(C)nn2)C1=O.COCCONC(=C1C(=O)C(=O)N(c2ccc(C)nn2)C1c1ccc(OC(F)(F)F)cc1)c1ccc(C(C)C)cc1.COCCOc1ccc(C(O)=C2C(=O)C(=O)N(c3ccc(C)nn3)C2c2ccc(OC(F)(F)F)cc2)cc1.Cc1ccc(N2C(=O)C(=O)C(=C(O)c3ccc(C(C)C)cc3)C2c2ccc(Cl)cc2)nn1. The molecule has 8 aromatic carbocycles. The van der Waals surface area contributed by atoms with Crippen LogP contribution in [0, 0.1) is 27.7 Å². The van der Waals surface area contributed by atoms with Crippen LogP contribution < -0.4 is 44.0 Å². The van der Waals surface area contributed by atoms with Crippen LogP contribution in [-0.2, 0) is 57.4 Å². The number of esters is 1. The number of aliphatic hydroxyl groups excluding tert-OH is 2. The lowest BCUT2D eigenvalue weighted by atomic mass is 9.91. The van der Waals surface area contributed by atoms with Gasteiger partial charge in [-0.05, 0) is 206 Å². The van der Waals surface area contributed by atoms with Gasteiger partial charge in [-0.2, -0.15) is 20.4 Å². The summed E-state index contributed by atoms with van der Waals surface area (Å²) in [4.78, 5) is 129. The van der Waals surface area contributed by atoms with E-state index in [1.807, 2.05) is 52.0 Å². The molecule has 0 aliphatic carbocycles. The lowest BCUT2D eigenvalue weighted by molar-refractivity contribution is -0.275. The average Bonchev–Trinajstić information content (AvgIpc) is 1.61. The average molecular weight is 2090 g/mol. The van der Waals surface area contributed by atoms with Gasteiger partial charge in [0, 0.05) is 48.4 Å². The Hall–Kier alpha value is -16.8. The predicted octanol–water partition coefficient (Wildman–Crippen LogP) is 20.2. The van der Waals surface area contributed by atoms with E-state index in [1.54, 1.807) is 149 Å². The Kier molecular flexibility index (Phi) is 35.2. The standard InChI is InChI=1S/C29H29F3N4O5.C28H24F3N3O5.C26H22F3N3O6.C25H22ClN3O3/c1-17(2)19-6-8-20(9-7-19)25(35-40-16-15-39-4)24-26(21-10-12-22(13-11-21)41-29(30,31)32)36(28(38)27(24)37)23-14-5-18(3)33-34-23;1-15(2)18-6-8-20(9-7-18)25(36)23-24(19-10-12-21(13-11-19)39-28(29,30)31)34(22-14-5-16(3)32-33-22)27(37)26(23)38-17(4)35;1-15-3-12-20(31-30-15)32-22(16-4-10-19(11-5-16)38-26(27,28)29)21(24(34)25(32)35)23(33)17-6-8-18(9-7-17)37-14-13-36-2;1-14(2)16-5-7-18(8-6-16)23(30)21-22(17-9-11-19(26)12-10-17)29(25(32)24(21)31)20-13-4-15(3)27-28-20/h5-14,17,26,35H,15-16H2,1-4H3;5-15,24H,1-4H3;3-12,22,33H,13-14H2,1-2H3;4-14,22,30H,1-3H3. The second-order valence-corrected chi connectivity index (χ2v) is 35.4. The number of aliphatic hydroxyl groups is 2. The smallest absolute Gasteiger partial charge is 0.507 e. The highest BCUT2D eigenvalue weighted by molar-refractivity contribution is 6.53. The summed E-state index contributed by atoms with van der Waals surface area (Å²) in [5.74, 6) is -8.46. The van der Waals surface area contributed by atoms with E-state index in [4.69, 9.17) is 35.4 Å². The van der Waals surface area contributed by atoms with E-state index in [-0.39, 0.29) is 104 Å². The molecule has 16 rings (SSSR count). The Bertz CT molecular complexity index is 7080. The van der Waals surface area contributed by atoms with Crippen LogP contribution in [0.15, 0.2) is 271 Å². The molecule has 3 N–H and O–H groups in total. The first kappa shape index (κ1) is 110. The Morgan fingerprint density at radius 3 is 0.973 bits per heavy atom. The zero-order chi connectivity index (χ0) is 109. The molecule has 32 nitrogen and oxygen atoms in total. The van der Waals surface area contributed by atoms with Gasteiger partial charge in [-0.3, -0.25) is 73.1 Å². The number of anilines is 4. The van der Waals surface area contributed by atoms with E-state index in [0.717, 1.165) is 69.8 Å². The quantitative estimate of drug-likeness (QED) is 0.00573. The Morgan fingerprint density at radius 1 is 0.360 bits per heavy atom. The molecule has 3 fully saturated rings. The number of carbonyl (C=O) groups excluding carboxylic acids is 9. The minimum absolute atomic E-state index is 0.00278. The molecule has 4 unspecified atom stereocenters. The van der Waals surface area contributed by atoms with Gasteiger partial charge in [-0.1, -0.05) is 174 Å². The molecule has 4 aliphatic rings. The number of carbonyl (C=O) groups is 9. The molecule has 778 valence electrons. The van der Waals surface area contributed by atoms with E-state index < -0.39 is 125 Å². The van der Waals surface area contributed by atoms with Gasteiger partial charge in [0.15, 0.2) is 29.1 Å². The number of aryl methyl sites for hydroxylation is 4. The van der Waals surface area contributed by atoms with Gasteiger partial charge in [-0.15, -0.1) is 59.9 Å². The molecule has 4 aliphatic heterocycles. The van der Waals surface area contributed by atoms with Crippen molar-refractivity contribution < 1.29 is 131 Å². The number of halogens is 10. The van der Waals surface area contributed by atoms with Crippen molar-refractivity contribution in [3.63, 3.8) is 0 Å². The Balaban J connectivity index is 0.000000167. The molecule has 0 saturated carbocycles. The lowest BCUT2D eigenvalue weighted by Crippen LogP contribution is -2.32. The molecule has 0 spiro atoms. The van der Waals surface area contributed by atoms with Gasteiger partial charge < -0.3 is 43.4 Å². The van der Waals surface area contributed by atoms with Crippen molar-refractivity contribution in [1.29, 1.82) is 0 Å². The molecule has 0 radical (unpaired) electrons. The van der Waals surface area contributed by atoms with Crippen LogP contribution >= 0.6 is 11.6 Å². The normalized spacial score (nSPS) is 16.8. The summed E-state index contributed by atoms with van der Waals surface area (Å²) in [6.07, 6.45) is -14.7. The summed E-state index contributed by atoms with van der Waals surface area (Å²) in [5.41, 5.74) is 11.1. The van der Waals surface area contributed by atoms with Gasteiger partial charge in [-0.25, -0.2) is 0 Å². The highest BCUT2D eigenvalue weighted by Crippen LogP contribution is 2.49. The van der Waals surface area contributed by atoms with E-state index in [0.29, 0.717) is 74.9 Å². The number of amides is 4. The molecular formula is C108H97ClF9N13O19. The molecule has 4 amide bonds. The molecule has 0 bridgehead atoms. The number of hydrogen-bond donors (Lipinski definition) is 3. The minimum atomic E-state index is -4.90. The second kappa shape index (κ2) is 47.8. The monoisotopic (exact) mass is 2090 g/mol. The molecule has 12 aromatic rings. The van der Waals surface area contributed by atoms with Crippen molar-refractivity contribution in [3.8, 4) is 23.0 Å². The molecule has 42 heteroatoms. The first-order valence-electron chi connectivity index (χ1n) is 46.2. The topological polar surface area (TPSA) is 396 Å². The van der Waals surface area contributed by atoms with Crippen molar-refractivity contribution >= 4 is 105 Å². The van der Waals surface area contributed by atoms with E-state index in [2.05, 4.69) is 74.3 Å². The summed E-state index contributed by atoms with van der Waals surface area (Å²) in [6.45, 7) is 21.3. The van der Waals surface area contributed by atoms with Crippen LogP contribution in [0.3, 0.4) is 0 Å². The van der Waals surface area contributed by atoms with Crippen LogP contribution in [0.4, 0.5) is 62.8 Å². The molecule has 4 atom stereocenters. The number of benzene rings is 8. The molecule has 4 aromatic heterocycles. The van der Waals surface area contributed by atoms with Gasteiger partial charge in [0.2, 0.25) is 5.76 Å². The highest BCUT2D eigenvalue weighted by atomic mass is 35.5. The summed E-state index contributed by atoms with van der Waals surface area (Å²) in [7, 11) is 3.05. The van der Waals surface area contributed by atoms with Crippen molar-refractivity contribution in [2.24, 2.45) is 0 Å². The fourth-order valence-electron chi connectivity index (χ4n) is 16.1. The fourth-order valence-corrected chi connectivity index (χ4v) is 16.2. The Labute approximate surface area is 857 Å². The van der Waals surface area contributed by atoms with Crippen LogP contribution in [-0.4, -0.2) is 163 Å².